The van der Waals surface area contributed by atoms with Crippen molar-refractivity contribution >= 4 is 23.5 Å². The summed E-state index contributed by atoms with van der Waals surface area (Å²) in [6.45, 7) is 6.08. The van der Waals surface area contributed by atoms with Crippen LogP contribution in [0.3, 0.4) is 0 Å². The number of carbonyl (C=O) groups is 2. The molecule has 1 aliphatic rings. The second kappa shape index (κ2) is 10.7. The molecule has 0 saturated carbocycles. The molecule has 3 rings (SSSR count). The minimum atomic E-state index is -0.451. The average Bonchev–Trinajstić information content (AvgIpc) is 3.17. The monoisotopic (exact) mass is 438 g/mol. The molecule has 3 N–H and O–H groups in total. The van der Waals surface area contributed by atoms with Gasteiger partial charge in [-0.3, -0.25) is 15.1 Å². The minimum Gasteiger partial charge on any atom is -0.490 e. The van der Waals surface area contributed by atoms with Crippen LogP contribution >= 0.6 is 0 Å². The summed E-state index contributed by atoms with van der Waals surface area (Å²) < 4.78 is 11.3. The van der Waals surface area contributed by atoms with Gasteiger partial charge in [-0.2, -0.15) is 0 Å². The van der Waals surface area contributed by atoms with Crippen molar-refractivity contribution in [1.82, 2.24) is 4.90 Å². The molecule has 1 heterocycles. The van der Waals surface area contributed by atoms with E-state index in [1.807, 2.05) is 4.90 Å². The van der Waals surface area contributed by atoms with E-state index in [0.717, 1.165) is 25.9 Å². The van der Waals surface area contributed by atoms with Crippen LogP contribution in [0.1, 0.15) is 42.6 Å². The van der Waals surface area contributed by atoms with E-state index < -0.39 is 12.2 Å². The van der Waals surface area contributed by atoms with Gasteiger partial charge in [-0.05, 0) is 55.3 Å². The van der Waals surface area contributed by atoms with Gasteiger partial charge in [0.2, 0.25) is 0 Å². The minimum absolute atomic E-state index is 0.00775. The predicted molar refractivity (Wildman–Crippen MR) is 123 cm³/mol. The summed E-state index contributed by atoms with van der Waals surface area (Å²) in [7, 11) is 0. The molecule has 8 nitrogen and oxygen atoms in total. The van der Waals surface area contributed by atoms with Crippen LogP contribution in [-0.2, 0) is 4.74 Å². The Morgan fingerprint density at radius 2 is 1.84 bits per heavy atom. The summed E-state index contributed by atoms with van der Waals surface area (Å²) in [5, 5.41) is 7.46. The Bertz CT molecular complexity index is 955. The van der Waals surface area contributed by atoms with Crippen LogP contribution in [-0.4, -0.2) is 55.1 Å². The van der Waals surface area contributed by atoms with Crippen molar-refractivity contribution in [2.75, 3.05) is 31.1 Å². The van der Waals surface area contributed by atoms with Gasteiger partial charge in [-0.25, -0.2) is 4.79 Å². The lowest BCUT2D eigenvalue weighted by Gasteiger charge is -2.21. The first-order chi connectivity index (χ1) is 15.4. The third kappa shape index (κ3) is 5.57. The summed E-state index contributed by atoms with van der Waals surface area (Å²) in [6, 6.07) is 13.9. The van der Waals surface area contributed by atoms with E-state index in [2.05, 4.69) is 13.8 Å². The molecule has 2 amide bonds. The zero-order valence-electron chi connectivity index (χ0n) is 18.5. The second-order valence-corrected chi connectivity index (χ2v) is 7.71. The van der Waals surface area contributed by atoms with Crippen LogP contribution in [0.25, 0.3) is 0 Å². The summed E-state index contributed by atoms with van der Waals surface area (Å²) in [5.41, 5.74) is 7.32. The molecule has 2 aromatic rings. The summed E-state index contributed by atoms with van der Waals surface area (Å²) in [4.78, 5) is 28.5. The SMILES string of the molecule is CCCN(CCC)C(=O)c1cccc(OCC2CN(c3ccc(C(=N)N)cc3)C(=O)O2)c1. The maximum Gasteiger partial charge on any atom is 0.414 e. The number of nitrogens with one attached hydrogen (secondary N) is 1. The van der Waals surface area contributed by atoms with Crippen molar-refractivity contribution in [3.05, 3.63) is 59.7 Å². The zero-order chi connectivity index (χ0) is 23.1. The van der Waals surface area contributed by atoms with Gasteiger partial charge in [0, 0.05) is 29.9 Å². The van der Waals surface area contributed by atoms with E-state index in [-0.39, 0.29) is 18.3 Å². The van der Waals surface area contributed by atoms with E-state index in [0.29, 0.717) is 29.1 Å². The highest BCUT2D eigenvalue weighted by atomic mass is 16.6. The van der Waals surface area contributed by atoms with Crippen LogP contribution < -0.4 is 15.4 Å². The van der Waals surface area contributed by atoms with Gasteiger partial charge in [0.15, 0.2) is 6.10 Å². The molecule has 0 aliphatic carbocycles. The molecular weight excluding hydrogens is 408 g/mol. The number of amidine groups is 1. The Kier molecular flexibility index (Phi) is 7.70. The molecule has 0 spiro atoms. The van der Waals surface area contributed by atoms with Crippen molar-refractivity contribution in [2.45, 2.75) is 32.8 Å². The number of benzene rings is 2. The molecule has 1 atom stereocenters. The summed E-state index contributed by atoms with van der Waals surface area (Å²) in [5.74, 6) is 0.524. The number of carbonyl (C=O) groups excluding carboxylic acids is 2. The number of rotatable bonds is 10. The normalized spacial score (nSPS) is 15.4. The van der Waals surface area contributed by atoms with E-state index in [9.17, 15) is 9.59 Å². The quantitative estimate of drug-likeness (QED) is 0.435. The molecular formula is C24H30N4O4. The number of hydrogen-bond donors (Lipinski definition) is 2. The van der Waals surface area contributed by atoms with Crippen LogP contribution in [0.15, 0.2) is 48.5 Å². The van der Waals surface area contributed by atoms with Gasteiger partial charge >= 0.3 is 6.09 Å². The fourth-order valence-electron chi connectivity index (χ4n) is 3.59. The number of anilines is 1. The third-order valence-corrected chi connectivity index (χ3v) is 5.16. The number of nitrogen functional groups attached to an aromatic ring is 1. The van der Waals surface area contributed by atoms with E-state index in [1.54, 1.807) is 48.5 Å². The predicted octanol–water partition coefficient (Wildman–Crippen LogP) is 3.64. The first kappa shape index (κ1) is 23.1. The van der Waals surface area contributed by atoms with Gasteiger partial charge in [-0.1, -0.05) is 19.9 Å². The van der Waals surface area contributed by atoms with Gasteiger partial charge in [0.25, 0.3) is 5.91 Å². The number of hydrogen-bond acceptors (Lipinski definition) is 5. The maximum absolute atomic E-state index is 12.8. The summed E-state index contributed by atoms with van der Waals surface area (Å²) >= 11 is 0. The molecule has 32 heavy (non-hydrogen) atoms. The highest BCUT2D eigenvalue weighted by molar-refractivity contribution is 5.96. The molecule has 1 saturated heterocycles. The maximum atomic E-state index is 12.8. The van der Waals surface area contributed by atoms with Crippen LogP contribution in [0.5, 0.6) is 5.75 Å². The van der Waals surface area contributed by atoms with Gasteiger partial charge in [0.05, 0.1) is 6.54 Å². The van der Waals surface area contributed by atoms with Crippen LogP contribution in [0, 0.1) is 5.41 Å². The molecule has 0 bridgehead atoms. The van der Waals surface area contributed by atoms with Gasteiger partial charge in [-0.15, -0.1) is 0 Å². The lowest BCUT2D eigenvalue weighted by atomic mass is 10.1. The fourth-order valence-corrected chi connectivity index (χ4v) is 3.59. The molecule has 8 heteroatoms. The Hall–Kier alpha value is -3.55. The van der Waals surface area contributed by atoms with Crippen molar-refractivity contribution < 1.29 is 19.1 Å². The van der Waals surface area contributed by atoms with E-state index in [1.165, 1.54) is 4.90 Å². The van der Waals surface area contributed by atoms with Crippen LogP contribution in [0.4, 0.5) is 10.5 Å². The Balaban J connectivity index is 1.60. The smallest absolute Gasteiger partial charge is 0.414 e. The topological polar surface area (TPSA) is 109 Å². The lowest BCUT2D eigenvalue weighted by molar-refractivity contribution is 0.0755. The molecule has 1 fully saturated rings. The Morgan fingerprint density at radius 1 is 1.16 bits per heavy atom. The Labute approximate surface area is 188 Å². The molecule has 1 unspecified atom stereocenters. The van der Waals surface area contributed by atoms with Gasteiger partial charge in [0.1, 0.15) is 18.2 Å². The molecule has 170 valence electrons. The van der Waals surface area contributed by atoms with Crippen molar-refractivity contribution in [1.29, 1.82) is 5.41 Å². The lowest BCUT2D eigenvalue weighted by Crippen LogP contribution is -2.32. The number of nitrogens with zero attached hydrogens (tertiary/aromatic N) is 2. The molecule has 2 aromatic carbocycles. The van der Waals surface area contributed by atoms with Crippen molar-refractivity contribution in [3.8, 4) is 5.75 Å². The first-order valence-corrected chi connectivity index (χ1v) is 10.9. The average molecular weight is 439 g/mol. The second-order valence-electron chi connectivity index (χ2n) is 7.71. The van der Waals surface area contributed by atoms with Crippen molar-refractivity contribution in [2.24, 2.45) is 5.73 Å². The number of nitrogens with two attached hydrogens (primary N) is 1. The Morgan fingerprint density at radius 3 is 2.47 bits per heavy atom. The number of amides is 2. The third-order valence-electron chi connectivity index (χ3n) is 5.16. The fraction of sp³-hybridized carbons (Fsp3) is 0.375. The number of ether oxygens (including phenoxy) is 2. The molecule has 0 radical (unpaired) electrons. The standard InChI is InChI=1S/C24H30N4O4/c1-3-12-27(13-4-2)23(29)18-6-5-7-20(14-18)31-16-21-15-28(24(30)32-21)19-10-8-17(9-11-19)22(25)26/h5-11,14,21H,3-4,12-13,15-16H2,1-2H3,(H3,25,26). The first-order valence-electron chi connectivity index (χ1n) is 10.9. The zero-order valence-corrected chi connectivity index (χ0v) is 18.5. The number of cyclic esters (lactones) is 1. The highest BCUT2D eigenvalue weighted by Gasteiger charge is 2.33. The van der Waals surface area contributed by atoms with Crippen molar-refractivity contribution in [3.63, 3.8) is 0 Å². The summed E-state index contributed by atoms with van der Waals surface area (Å²) in [6.07, 6.45) is 0.922. The molecule has 1 aliphatic heterocycles. The molecule has 0 aromatic heterocycles. The van der Waals surface area contributed by atoms with Crippen LogP contribution in [0.2, 0.25) is 0 Å². The largest absolute Gasteiger partial charge is 0.490 e. The van der Waals surface area contributed by atoms with Gasteiger partial charge < -0.3 is 20.1 Å². The van der Waals surface area contributed by atoms with E-state index >= 15 is 0 Å². The highest BCUT2D eigenvalue weighted by Crippen LogP contribution is 2.23. The van der Waals surface area contributed by atoms with E-state index in [4.69, 9.17) is 20.6 Å².